The summed E-state index contributed by atoms with van der Waals surface area (Å²) in [5, 5.41) is 7.45. The Kier molecular flexibility index (Phi) is 4.73. The lowest BCUT2D eigenvalue weighted by Crippen LogP contribution is -2.27. The van der Waals surface area contributed by atoms with E-state index in [0.717, 1.165) is 10.4 Å². The molecule has 0 aliphatic carbocycles. The highest BCUT2D eigenvalue weighted by atomic mass is 32.1. The largest absolute Gasteiger partial charge is 0.369 e. The Labute approximate surface area is 120 Å². The summed E-state index contributed by atoms with van der Waals surface area (Å²) in [5.74, 6) is -0.376. The number of thiophene rings is 1. The highest BCUT2D eigenvalue weighted by Gasteiger charge is 2.03. The number of benzene rings is 1. The molecule has 0 fully saturated rings. The summed E-state index contributed by atoms with van der Waals surface area (Å²) < 4.78 is 0. The molecule has 0 spiro atoms. The minimum absolute atomic E-state index is 0.199. The number of carbonyl (C=O) groups is 2. The Morgan fingerprint density at radius 3 is 2.50 bits per heavy atom. The van der Waals surface area contributed by atoms with Gasteiger partial charge in [0.1, 0.15) is 0 Å². The number of rotatable bonds is 5. The number of hydrogen-bond donors (Lipinski definition) is 3. The molecule has 6 heteroatoms. The molecule has 2 aromatic rings. The lowest BCUT2D eigenvalue weighted by Gasteiger charge is -2.07. The standard InChI is InChI=1S/C14H15N3O2S/c15-13(18)8-10-3-5-11(6-4-10)17-14(19)16-9-12-2-1-7-20-12/h1-7H,8-9H2,(H2,15,18)(H2,16,17,19). The van der Waals surface area contributed by atoms with Crippen LogP contribution in [0.5, 0.6) is 0 Å². The highest BCUT2D eigenvalue weighted by molar-refractivity contribution is 7.09. The predicted octanol–water partition coefficient (Wildman–Crippen LogP) is 2.10. The van der Waals surface area contributed by atoms with Gasteiger partial charge in [-0.05, 0) is 29.1 Å². The lowest BCUT2D eigenvalue weighted by atomic mass is 10.1. The Morgan fingerprint density at radius 1 is 1.15 bits per heavy atom. The van der Waals surface area contributed by atoms with Crippen molar-refractivity contribution in [1.82, 2.24) is 5.32 Å². The zero-order valence-corrected chi connectivity index (χ0v) is 11.6. The monoisotopic (exact) mass is 289 g/mol. The van der Waals surface area contributed by atoms with Crippen LogP contribution in [-0.4, -0.2) is 11.9 Å². The van der Waals surface area contributed by atoms with E-state index in [-0.39, 0.29) is 18.4 Å². The fourth-order valence-electron chi connectivity index (χ4n) is 1.66. The van der Waals surface area contributed by atoms with Crippen molar-refractivity contribution in [2.75, 3.05) is 5.32 Å². The fraction of sp³-hybridized carbons (Fsp3) is 0.143. The zero-order chi connectivity index (χ0) is 14.4. The topological polar surface area (TPSA) is 84.2 Å². The van der Waals surface area contributed by atoms with Gasteiger partial charge in [0.2, 0.25) is 5.91 Å². The second-order valence-electron chi connectivity index (χ2n) is 4.23. The first-order chi connectivity index (χ1) is 9.63. The lowest BCUT2D eigenvalue weighted by molar-refractivity contribution is -0.117. The van der Waals surface area contributed by atoms with Crippen molar-refractivity contribution < 1.29 is 9.59 Å². The highest BCUT2D eigenvalue weighted by Crippen LogP contribution is 2.10. The molecule has 20 heavy (non-hydrogen) atoms. The first-order valence-corrected chi connectivity index (χ1v) is 6.96. The van der Waals surface area contributed by atoms with E-state index in [1.54, 1.807) is 35.6 Å². The first-order valence-electron chi connectivity index (χ1n) is 6.08. The van der Waals surface area contributed by atoms with Gasteiger partial charge in [0.05, 0.1) is 13.0 Å². The van der Waals surface area contributed by atoms with Crippen LogP contribution in [0.15, 0.2) is 41.8 Å². The second kappa shape index (κ2) is 6.72. The fourth-order valence-corrected chi connectivity index (χ4v) is 2.31. The molecule has 4 N–H and O–H groups in total. The number of anilines is 1. The smallest absolute Gasteiger partial charge is 0.319 e. The van der Waals surface area contributed by atoms with Crippen LogP contribution in [0.1, 0.15) is 10.4 Å². The Balaban J connectivity index is 1.83. The number of urea groups is 1. The molecule has 3 amide bonds. The van der Waals surface area contributed by atoms with Crippen LogP contribution in [-0.2, 0) is 17.8 Å². The predicted molar refractivity (Wildman–Crippen MR) is 79.5 cm³/mol. The van der Waals surface area contributed by atoms with Crippen molar-refractivity contribution in [3.05, 3.63) is 52.2 Å². The van der Waals surface area contributed by atoms with Crippen molar-refractivity contribution in [3.8, 4) is 0 Å². The van der Waals surface area contributed by atoms with E-state index in [4.69, 9.17) is 5.73 Å². The van der Waals surface area contributed by atoms with E-state index in [9.17, 15) is 9.59 Å². The molecule has 0 atom stereocenters. The van der Waals surface area contributed by atoms with Gasteiger partial charge in [-0.1, -0.05) is 18.2 Å². The average molecular weight is 289 g/mol. The van der Waals surface area contributed by atoms with E-state index in [0.29, 0.717) is 12.2 Å². The summed E-state index contributed by atoms with van der Waals surface area (Å²) >= 11 is 1.59. The summed E-state index contributed by atoms with van der Waals surface area (Å²) in [4.78, 5) is 23.5. The number of nitrogens with two attached hydrogens (primary N) is 1. The minimum atomic E-state index is -0.376. The van der Waals surface area contributed by atoms with Gasteiger partial charge < -0.3 is 16.4 Å². The molecule has 0 bridgehead atoms. The molecular formula is C14H15N3O2S. The molecule has 104 valence electrons. The normalized spacial score (nSPS) is 10.0. The van der Waals surface area contributed by atoms with Crippen LogP contribution >= 0.6 is 11.3 Å². The third kappa shape index (κ3) is 4.40. The summed E-state index contributed by atoms with van der Waals surface area (Å²) in [6.45, 7) is 0.503. The SMILES string of the molecule is NC(=O)Cc1ccc(NC(=O)NCc2cccs2)cc1. The van der Waals surface area contributed by atoms with Crippen LogP contribution in [0.3, 0.4) is 0 Å². The van der Waals surface area contributed by atoms with Crippen molar-refractivity contribution in [1.29, 1.82) is 0 Å². The van der Waals surface area contributed by atoms with E-state index in [1.165, 1.54) is 0 Å². The number of primary amides is 1. The molecule has 0 unspecified atom stereocenters. The third-order valence-corrected chi connectivity index (χ3v) is 3.47. The van der Waals surface area contributed by atoms with Gasteiger partial charge in [-0.3, -0.25) is 4.79 Å². The van der Waals surface area contributed by atoms with Crippen molar-refractivity contribution in [2.24, 2.45) is 5.73 Å². The second-order valence-corrected chi connectivity index (χ2v) is 5.26. The van der Waals surface area contributed by atoms with Crippen molar-refractivity contribution >= 4 is 29.0 Å². The van der Waals surface area contributed by atoms with Crippen LogP contribution in [0.25, 0.3) is 0 Å². The average Bonchev–Trinajstić information content (AvgIpc) is 2.91. The van der Waals surface area contributed by atoms with Gasteiger partial charge in [-0.25, -0.2) is 4.79 Å². The van der Waals surface area contributed by atoms with Gasteiger partial charge in [0, 0.05) is 10.6 Å². The molecule has 0 aliphatic heterocycles. The molecule has 0 radical (unpaired) electrons. The minimum Gasteiger partial charge on any atom is -0.369 e. The molecule has 0 aliphatic rings. The third-order valence-electron chi connectivity index (χ3n) is 2.59. The van der Waals surface area contributed by atoms with Gasteiger partial charge in [-0.2, -0.15) is 0 Å². The summed E-state index contributed by atoms with van der Waals surface area (Å²) in [6.07, 6.45) is 0.199. The van der Waals surface area contributed by atoms with Crippen molar-refractivity contribution in [3.63, 3.8) is 0 Å². The zero-order valence-electron chi connectivity index (χ0n) is 10.8. The van der Waals surface area contributed by atoms with Crippen LogP contribution in [0, 0.1) is 0 Å². The van der Waals surface area contributed by atoms with Gasteiger partial charge in [0.25, 0.3) is 0 Å². The Bertz CT molecular complexity index is 579. The molecular weight excluding hydrogens is 274 g/mol. The molecule has 2 rings (SSSR count). The molecule has 1 aromatic carbocycles. The molecule has 5 nitrogen and oxygen atoms in total. The van der Waals surface area contributed by atoms with E-state index < -0.39 is 0 Å². The Hall–Kier alpha value is -2.34. The van der Waals surface area contributed by atoms with E-state index in [2.05, 4.69) is 10.6 Å². The van der Waals surface area contributed by atoms with Gasteiger partial charge in [-0.15, -0.1) is 11.3 Å². The maximum atomic E-state index is 11.7. The maximum absolute atomic E-state index is 11.7. The van der Waals surface area contributed by atoms with Gasteiger partial charge in [0.15, 0.2) is 0 Å². The van der Waals surface area contributed by atoms with Gasteiger partial charge >= 0.3 is 6.03 Å². The number of hydrogen-bond acceptors (Lipinski definition) is 3. The summed E-state index contributed by atoms with van der Waals surface area (Å²) in [5.41, 5.74) is 6.60. The summed E-state index contributed by atoms with van der Waals surface area (Å²) in [7, 11) is 0. The van der Waals surface area contributed by atoms with Crippen LogP contribution in [0.4, 0.5) is 10.5 Å². The molecule has 1 heterocycles. The summed E-state index contributed by atoms with van der Waals surface area (Å²) in [6, 6.07) is 10.6. The van der Waals surface area contributed by atoms with Crippen LogP contribution in [0.2, 0.25) is 0 Å². The maximum Gasteiger partial charge on any atom is 0.319 e. The van der Waals surface area contributed by atoms with Crippen LogP contribution < -0.4 is 16.4 Å². The Morgan fingerprint density at radius 2 is 1.90 bits per heavy atom. The molecule has 0 saturated carbocycles. The molecule has 1 aromatic heterocycles. The quantitative estimate of drug-likeness (QED) is 0.787. The van der Waals surface area contributed by atoms with E-state index in [1.807, 2.05) is 17.5 Å². The number of carbonyl (C=O) groups excluding carboxylic acids is 2. The first kappa shape index (κ1) is 14.1. The molecule has 0 saturated heterocycles. The number of nitrogens with one attached hydrogen (secondary N) is 2. The van der Waals surface area contributed by atoms with E-state index >= 15 is 0 Å². The number of amides is 3. The van der Waals surface area contributed by atoms with Crippen molar-refractivity contribution in [2.45, 2.75) is 13.0 Å².